The maximum Gasteiger partial charge on any atom is 0.306 e. The summed E-state index contributed by atoms with van der Waals surface area (Å²) in [5, 5.41) is 20.6. The van der Waals surface area contributed by atoms with E-state index in [0.29, 0.717) is 25.9 Å². The van der Waals surface area contributed by atoms with Gasteiger partial charge in [0.25, 0.3) is 0 Å². The lowest BCUT2D eigenvalue weighted by molar-refractivity contribution is -0.145. The second-order valence-electron chi connectivity index (χ2n) is 3.63. The van der Waals surface area contributed by atoms with Gasteiger partial charge in [-0.3, -0.25) is 9.59 Å². The van der Waals surface area contributed by atoms with Gasteiger partial charge in [0.1, 0.15) is 0 Å². The van der Waals surface area contributed by atoms with Crippen LogP contribution in [0.2, 0.25) is 0 Å². The third-order valence-electron chi connectivity index (χ3n) is 2.65. The highest BCUT2D eigenvalue weighted by molar-refractivity contribution is 5.73. The Hall–Kier alpha value is -1.10. The molecule has 1 fully saturated rings. The predicted molar refractivity (Wildman–Crippen MR) is 49.0 cm³/mol. The summed E-state index contributed by atoms with van der Waals surface area (Å²) in [5.41, 5.74) is 0. The van der Waals surface area contributed by atoms with Crippen molar-refractivity contribution in [2.45, 2.75) is 19.3 Å². The lowest BCUT2D eigenvalue weighted by Gasteiger charge is -2.18. The lowest BCUT2D eigenvalue weighted by Crippen LogP contribution is -2.25. The van der Waals surface area contributed by atoms with Gasteiger partial charge in [-0.05, 0) is 31.8 Å². The Bertz CT molecular complexity index is 229. The Morgan fingerprint density at radius 2 is 1.86 bits per heavy atom. The van der Waals surface area contributed by atoms with Crippen molar-refractivity contribution in [3.05, 3.63) is 0 Å². The fourth-order valence-electron chi connectivity index (χ4n) is 1.90. The Labute approximate surface area is 82.1 Å². The second-order valence-corrected chi connectivity index (χ2v) is 3.63. The summed E-state index contributed by atoms with van der Waals surface area (Å²) in [7, 11) is 0. The topological polar surface area (TPSA) is 86.6 Å². The summed E-state index contributed by atoms with van der Waals surface area (Å²) in [5.74, 6) is -2.54. The van der Waals surface area contributed by atoms with Crippen molar-refractivity contribution in [3.63, 3.8) is 0 Å². The fraction of sp³-hybridized carbons (Fsp3) is 0.778. The van der Waals surface area contributed by atoms with E-state index < -0.39 is 17.9 Å². The number of hydrogen-bond acceptors (Lipinski definition) is 3. The number of hydrogen-bond donors (Lipinski definition) is 3. The zero-order valence-corrected chi connectivity index (χ0v) is 7.90. The van der Waals surface area contributed by atoms with Gasteiger partial charge in [0.15, 0.2) is 0 Å². The molecule has 5 heteroatoms. The standard InChI is InChI=1S/C9H15NO4/c11-8(12)5-6-1-3-10-4-2-7(6)9(13)14/h6-7,10H,1-5H2,(H,11,12)(H,13,14)/t6-,7+/m0/s1. The van der Waals surface area contributed by atoms with Crippen molar-refractivity contribution in [2.75, 3.05) is 13.1 Å². The summed E-state index contributed by atoms with van der Waals surface area (Å²) in [6.45, 7) is 1.37. The molecular weight excluding hydrogens is 186 g/mol. The summed E-state index contributed by atoms with van der Waals surface area (Å²) in [4.78, 5) is 21.4. The van der Waals surface area contributed by atoms with E-state index in [1.54, 1.807) is 0 Å². The highest BCUT2D eigenvalue weighted by Gasteiger charge is 2.30. The number of carbonyl (C=O) groups is 2. The van der Waals surface area contributed by atoms with Crippen LogP contribution < -0.4 is 5.32 Å². The van der Waals surface area contributed by atoms with Crippen LogP contribution in [0, 0.1) is 11.8 Å². The highest BCUT2D eigenvalue weighted by Crippen LogP contribution is 2.24. The third-order valence-corrected chi connectivity index (χ3v) is 2.65. The molecule has 1 heterocycles. The van der Waals surface area contributed by atoms with Crippen molar-refractivity contribution in [3.8, 4) is 0 Å². The molecule has 0 amide bonds. The third kappa shape index (κ3) is 2.99. The Kier molecular flexibility index (Phi) is 3.88. The molecule has 0 aromatic rings. The monoisotopic (exact) mass is 201 g/mol. The SMILES string of the molecule is O=C(O)C[C@@H]1CCNCC[C@H]1C(=O)O. The molecule has 1 aliphatic heterocycles. The smallest absolute Gasteiger partial charge is 0.306 e. The van der Waals surface area contributed by atoms with Gasteiger partial charge in [0.05, 0.1) is 5.92 Å². The van der Waals surface area contributed by atoms with E-state index in [0.717, 1.165) is 0 Å². The quantitative estimate of drug-likeness (QED) is 0.605. The van der Waals surface area contributed by atoms with Gasteiger partial charge in [-0.15, -0.1) is 0 Å². The van der Waals surface area contributed by atoms with E-state index >= 15 is 0 Å². The number of rotatable bonds is 3. The molecule has 5 nitrogen and oxygen atoms in total. The first-order chi connectivity index (χ1) is 6.61. The maximum atomic E-state index is 10.9. The Balaban J connectivity index is 2.63. The molecule has 0 aromatic carbocycles. The van der Waals surface area contributed by atoms with Gasteiger partial charge in [-0.25, -0.2) is 0 Å². The Morgan fingerprint density at radius 1 is 1.21 bits per heavy atom. The highest BCUT2D eigenvalue weighted by atomic mass is 16.4. The van der Waals surface area contributed by atoms with E-state index in [9.17, 15) is 9.59 Å². The van der Waals surface area contributed by atoms with E-state index in [1.165, 1.54) is 0 Å². The predicted octanol–water partition coefficient (Wildman–Crippen LogP) is 0.161. The van der Waals surface area contributed by atoms with Gasteiger partial charge >= 0.3 is 11.9 Å². The van der Waals surface area contributed by atoms with Crippen molar-refractivity contribution in [1.82, 2.24) is 5.32 Å². The number of aliphatic carboxylic acids is 2. The minimum absolute atomic E-state index is 0.0430. The maximum absolute atomic E-state index is 10.9. The summed E-state index contributed by atoms with van der Waals surface area (Å²) < 4.78 is 0. The zero-order valence-electron chi connectivity index (χ0n) is 7.90. The normalized spacial score (nSPS) is 28.0. The van der Waals surface area contributed by atoms with Crippen LogP contribution in [0.25, 0.3) is 0 Å². The summed E-state index contributed by atoms with van der Waals surface area (Å²) in [6, 6.07) is 0. The average molecular weight is 201 g/mol. The molecule has 14 heavy (non-hydrogen) atoms. The molecule has 0 radical (unpaired) electrons. The minimum atomic E-state index is -0.914. The molecule has 0 unspecified atom stereocenters. The van der Waals surface area contributed by atoms with E-state index in [4.69, 9.17) is 10.2 Å². The fourth-order valence-corrected chi connectivity index (χ4v) is 1.90. The molecule has 3 N–H and O–H groups in total. The van der Waals surface area contributed by atoms with Crippen molar-refractivity contribution >= 4 is 11.9 Å². The lowest BCUT2D eigenvalue weighted by atomic mass is 9.85. The van der Waals surface area contributed by atoms with Gasteiger partial charge in [-0.2, -0.15) is 0 Å². The van der Waals surface area contributed by atoms with Crippen molar-refractivity contribution < 1.29 is 19.8 Å². The van der Waals surface area contributed by atoms with E-state index in [-0.39, 0.29) is 12.3 Å². The van der Waals surface area contributed by atoms with Crippen LogP contribution in [0.3, 0.4) is 0 Å². The first-order valence-electron chi connectivity index (χ1n) is 4.76. The van der Waals surface area contributed by atoms with Crippen LogP contribution in [-0.4, -0.2) is 35.2 Å². The van der Waals surface area contributed by atoms with Gasteiger partial charge < -0.3 is 15.5 Å². The molecule has 1 rings (SSSR count). The Morgan fingerprint density at radius 3 is 2.43 bits per heavy atom. The zero-order chi connectivity index (χ0) is 10.6. The molecular formula is C9H15NO4. The molecule has 2 atom stereocenters. The van der Waals surface area contributed by atoms with Crippen LogP contribution >= 0.6 is 0 Å². The molecule has 0 saturated carbocycles. The molecule has 80 valence electrons. The van der Waals surface area contributed by atoms with Crippen LogP contribution in [0.1, 0.15) is 19.3 Å². The van der Waals surface area contributed by atoms with Crippen LogP contribution in [-0.2, 0) is 9.59 Å². The van der Waals surface area contributed by atoms with E-state index in [2.05, 4.69) is 5.32 Å². The second kappa shape index (κ2) is 4.95. The molecule has 1 aliphatic rings. The van der Waals surface area contributed by atoms with Crippen LogP contribution in [0.4, 0.5) is 0 Å². The minimum Gasteiger partial charge on any atom is -0.481 e. The van der Waals surface area contributed by atoms with Crippen LogP contribution in [0.15, 0.2) is 0 Å². The molecule has 0 aromatic heterocycles. The van der Waals surface area contributed by atoms with Gasteiger partial charge in [0, 0.05) is 6.42 Å². The summed E-state index contributed by atoms with van der Waals surface area (Å²) >= 11 is 0. The number of carboxylic acid groups (broad SMARTS) is 2. The first-order valence-corrected chi connectivity index (χ1v) is 4.76. The van der Waals surface area contributed by atoms with Gasteiger partial charge in [-0.1, -0.05) is 0 Å². The first kappa shape index (κ1) is 11.0. The van der Waals surface area contributed by atoms with Crippen molar-refractivity contribution in [2.24, 2.45) is 11.8 Å². The average Bonchev–Trinajstić information content (AvgIpc) is 2.28. The molecule has 0 bridgehead atoms. The number of carboxylic acids is 2. The molecule has 1 saturated heterocycles. The number of nitrogens with one attached hydrogen (secondary N) is 1. The van der Waals surface area contributed by atoms with Crippen LogP contribution in [0.5, 0.6) is 0 Å². The largest absolute Gasteiger partial charge is 0.481 e. The summed E-state index contributed by atoms with van der Waals surface area (Å²) in [6.07, 6.45) is 1.11. The molecule has 0 spiro atoms. The molecule has 0 aliphatic carbocycles. The van der Waals surface area contributed by atoms with Crippen molar-refractivity contribution in [1.29, 1.82) is 0 Å². The van der Waals surface area contributed by atoms with E-state index in [1.807, 2.05) is 0 Å². The van der Waals surface area contributed by atoms with Gasteiger partial charge in [0.2, 0.25) is 0 Å².